The Kier molecular flexibility index (Phi) is 3.61. The number of rotatable bonds is 7. The lowest BCUT2D eigenvalue weighted by Gasteiger charge is -2.36. The average Bonchev–Trinajstić information content (AvgIpc) is 3.31. The lowest BCUT2D eigenvalue weighted by molar-refractivity contribution is -0.145. The predicted molar refractivity (Wildman–Crippen MR) is 78.9 cm³/mol. The maximum absolute atomic E-state index is 13.9. The normalized spacial score (nSPS) is 20.9. The molecule has 1 unspecified atom stereocenters. The van der Waals surface area contributed by atoms with Crippen LogP contribution in [-0.4, -0.2) is 36.2 Å². The zero-order chi connectivity index (χ0) is 15.0. The van der Waals surface area contributed by atoms with Gasteiger partial charge in [-0.25, -0.2) is 4.39 Å². The van der Waals surface area contributed by atoms with E-state index < -0.39 is 11.5 Å². The fraction of sp³-hybridized carbons (Fsp3) is 0.562. The standard InChI is InChI=1S/C16H21FN2O2/c1-19(14-5-3-2-4-13(14)17)10-16(15(20)21,11-6-7-11)18-12-8-9-12/h2-5,11-12,18H,6-10H2,1H3,(H,20,21). The molecule has 21 heavy (non-hydrogen) atoms. The number of nitrogens with zero attached hydrogens (tertiary/aromatic N) is 1. The van der Waals surface area contributed by atoms with Gasteiger partial charge in [-0.05, 0) is 43.7 Å². The van der Waals surface area contributed by atoms with Crippen LogP contribution in [0.1, 0.15) is 25.7 Å². The molecule has 0 radical (unpaired) electrons. The number of likely N-dealkylation sites (N-methyl/N-ethyl adjacent to an activating group) is 1. The fourth-order valence-corrected chi connectivity index (χ4v) is 2.99. The molecular weight excluding hydrogens is 271 g/mol. The smallest absolute Gasteiger partial charge is 0.326 e. The third-order valence-corrected chi connectivity index (χ3v) is 4.45. The van der Waals surface area contributed by atoms with Crippen molar-refractivity contribution < 1.29 is 14.3 Å². The summed E-state index contributed by atoms with van der Waals surface area (Å²) in [6.07, 6.45) is 3.92. The maximum Gasteiger partial charge on any atom is 0.326 e. The van der Waals surface area contributed by atoms with Gasteiger partial charge >= 0.3 is 5.97 Å². The largest absolute Gasteiger partial charge is 0.480 e. The van der Waals surface area contributed by atoms with Crippen LogP contribution in [0.4, 0.5) is 10.1 Å². The Labute approximate surface area is 124 Å². The van der Waals surface area contributed by atoms with Gasteiger partial charge in [0, 0.05) is 19.6 Å². The monoisotopic (exact) mass is 292 g/mol. The van der Waals surface area contributed by atoms with Gasteiger partial charge in [-0.3, -0.25) is 10.1 Å². The second kappa shape index (κ2) is 5.30. The number of aliphatic carboxylic acids is 1. The fourth-order valence-electron chi connectivity index (χ4n) is 2.99. The van der Waals surface area contributed by atoms with E-state index >= 15 is 0 Å². The Bertz CT molecular complexity index is 543. The van der Waals surface area contributed by atoms with Gasteiger partial charge in [0.05, 0.1) is 5.69 Å². The molecule has 2 fully saturated rings. The average molecular weight is 292 g/mol. The SMILES string of the molecule is CN(CC(NC1CC1)(C(=O)O)C1CC1)c1ccccc1F. The molecule has 5 heteroatoms. The first kappa shape index (κ1) is 14.3. The summed E-state index contributed by atoms with van der Waals surface area (Å²) >= 11 is 0. The van der Waals surface area contributed by atoms with Crippen LogP contribution in [0, 0.1) is 11.7 Å². The van der Waals surface area contributed by atoms with Crippen molar-refractivity contribution in [3.8, 4) is 0 Å². The minimum Gasteiger partial charge on any atom is -0.480 e. The first-order valence-electron chi connectivity index (χ1n) is 7.50. The molecule has 0 amide bonds. The molecule has 2 aliphatic rings. The Morgan fingerprint density at radius 3 is 2.57 bits per heavy atom. The van der Waals surface area contributed by atoms with Crippen molar-refractivity contribution in [2.75, 3.05) is 18.5 Å². The lowest BCUT2D eigenvalue weighted by atomic mass is 9.92. The third-order valence-electron chi connectivity index (χ3n) is 4.45. The molecule has 114 valence electrons. The van der Waals surface area contributed by atoms with Crippen LogP contribution >= 0.6 is 0 Å². The number of anilines is 1. The molecular formula is C16H21FN2O2. The zero-order valence-electron chi connectivity index (χ0n) is 12.2. The van der Waals surface area contributed by atoms with Gasteiger partial charge in [-0.2, -0.15) is 0 Å². The van der Waals surface area contributed by atoms with Crippen LogP contribution in [0.2, 0.25) is 0 Å². The summed E-state index contributed by atoms with van der Waals surface area (Å²) in [5.41, 5.74) is -0.514. The molecule has 0 aliphatic heterocycles. The highest BCUT2D eigenvalue weighted by atomic mass is 19.1. The van der Waals surface area contributed by atoms with Crippen molar-refractivity contribution >= 4 is 11.7 Å². The van der Waals surface area contributed by atoms with E-state index in [0.29, 0.717) is 11.7 Å². The molecule has 2 N–H and O–H groups in total. The molecule has 1 aromatic rings. The van der Waals surface area contributed by atoms with E-state index in [1.165, 1.54) is 6.07 Å². The molecule has 2 aliphatic carbocycles. The highest BCUT2D eigenvalue weighted by Gasteiger charge is 2.53. The summed E-state index contributed by atoms with van der Waals surface area (Å²) in [7, 11) is 1.76. The van der Waals surface area contributed by atoms with Crippen LogP contribution in [0.25, 0.3) is 0 Å². The predicted octanol–water partition coefficient (Wildman–Crippen LogP) is 2.25. The van der Waals surface area contributed by atoms with Crippen molar-refractivity contribution in [3.63, 3.8) is 0 Å². The van der Waals surface area contributed by atoms with E-state index in [4.69, 9.17) is 0 Å². The number of hydrogen-bond donors (Lipinski definition) is 2. The molecule has 3 rings (SSSR count). The molecule has 4 nitrogen and oxygen atoms in total. The highest BCUT2D eigenvalue weighted by Crippen LogP contribution is 2.42. The van der Waals surface area contributed by atoms with Crippen molar-refractivity contribution in [3.05, 3.63) is 30.1 Å². The van der Waals surface area contributed by atoms with Gasteiger partial charge in [0.25, 0.3) is 0 Å². The van der Waals surface area contributed by atoms with E-state index in [0.717, 1.165) is 25.7 Å². The minimum atomic E-state index is -0.960. The Balaban J connectivity index is 1.83. The van der Waals surface area contributed by atoms with Gasteiger partial charge in [0.1, 0.15) is 11.4 Å². The van der Waals surface area contributed by atoms with Gasteiger partial charge in [0.2, 0.25) is 0 Å². The third kappa shape index (κ3) is 2.88. The zero-order valence-corrected chi connectivity index (χ0v) is 12.2. The Hall–Kier alpha value is -1.62. The summed E-state index contributed by atoms with van der Waals surface area (Å²) in [5.74, 6) is -0.994. The van der Waals surface area contributed by atoms with Crippen LogP contribution in [0.3, 0.4) is 0 Å². The van der Waals surface area contributed by atoms with Crippen LogP contribution < -0.4 is 10.2 Å². The number of benzene rings is 1. The number of hydrogen-bond acceptors (Lipinski definition) is 3. The van der Waals surface area contributed by atoms with Crippen LogP contribution in [0.5, 0.6) is 0 Å². The minimum absolute atomic E-state index is 0.143. The summed E-state index contributed by atoms with van der Waals surface area (Å²) in [5, 5.41) is 13.1. The molecule has 1 aromatic carbocycles. The molecule has 0 saturated heterocycles. The number of carboxylic acid groups (broad SMARTS) is 1. The first-order chi connectivity index (χ1) is 10.0. The summed E-state index contributed by atoms with van der Waals surface area (Å²) in [6, 6.07) is 6.80. The lowest BCUT2D eigenvalue weighted by Crippen LogP contribution is -2.61. The summed E-state index contributed by atoms with van der Waals surface area (Å²) in [6.45, 7) is 0.282. The molecule has 0 aromatic heterocycles. The maximum atomic E-state index is 13.9. The number of nitrogens with one attached hydrogen (secondary N) is 1. The van der Waals surface area contributed by atoms with E-state index in [-0.39, 0.29) is 18.3 Å². The van der Waals surface area contributed by atoms with E-state index in [1.807, 2.05) is 0 Å². The van der Waals surface area contributed by atoms with Crippen molar-refractivity contribution in [2.24, 2.45) is 5.92 Å². The second-order valence-corrected chi connectivity index (χ2v) is 6.28. The van der Waals surface area contributed by atoms with E-state index in [1.54, 1.807) is 30.1 Å². The van der Waals surface area contributed by atoms with Gasteiger partial charge in [-0.1, -0.05) is 12.1 Å². The number of carbonyl (C=O) groups is 1. The Morgan fingerprint density at radius 1 is 1.38 bits per heavy atom. The molecule has 0 bridgehead atoms. The van der Waals surface area contributed by atoms with Gasteiger partial charge in [-0.15, -0.1) is 0 Å². The van der Waals surface area contributed by atoms with Crippen LogP contribution in [0.15, 0.2) is 24.3 Å². The Morgan fingerprint density at radius 2 is 2.05 bits per heavy atom. The van der Waals surface area contributed by atoms with Gasteiger partial charge < -0.3 is 10.0 Å². The second-order valence-electron chi connectivity index (χ2n) is 6.28. The molecule has 2 saturated carbocycles. The van der Waals surface area contributed by atoms with Crippen molar-refractivity contribution in [1.29, 1.82) is 0 Å². The summed E-state index contributed by atoms with van der Waals surface area (Å²) < 4.78 is 13.9. The highest BCUT2D eigenvalue weighted by molar-refractivity contribution is 5.81. The van der Waals surface area contributed by atoms with Crippen LogP contribution in [-0.2, 0) is 4.79 Å². The van der Waals surface area contributed by atoms with E-state index in [2.05, 4.69) is 5.32 Å². The first-order valence-corrected chi connectivity index (χ1v) is 7.50. The quantitative estimate of drug-likeness (QED) is 0.809. The number of para-hydroxylation sites is 1. The molecule has 0 heterocycles. The van der Waals surface area contributed by atoms with Crippen molar-refractivity contribution in [1.82, 2.24) is 5.32 Å². The summed E-state index contributed by atoms with van der Waals surface area (Å²) in [4.78, 5) is 13.7. The number of halogens is 1. The van der Waals surface area contributed by atoms with Crippen molar-refractivity contribution in [2.45, 2.75) is 37.3 Å². The topological polar surface area (TPSA) is 52.6 Å². The number of carboxylic acids is 1. The van der Waals surface area contributed by atoms with E-state index in [9.17, 15) is 14.3 Å². The molecule has 1 atom stereocenters. The van der Waals surface area contributed by atoms with Gasteiger partial charge in [0.15, 0.2) is 0 Å². The molecule has 0 spiro atoms.